The first-order valence-corrected chi connectivity index (χ1v) is 8.14. The molecule has 0 radical (unpaired) electrons. The molecule has 0 amide bonds. The molecule has 0 bridgehead atoms. The van der Waals surface area contributed by atoms with Crippen LogP contribution < -0.4 is 5.32 Å². The van der Waals surface area contributed by atoms with Gasteiger partial charge in [-0.15, -0.1) is 0 Å². The molecule has 0 saturated carbocycles. The zero-order valence-electron chi connectivity index (χ0n) is 12.1. The number of halogens is 3. The Labute approximate surface area is 141 Å². The first-order valence-electron chi connectivity index (χ1n) is 7.01. The van der Waals surface area contributed by atoms with E-state index < -0.39 is 0 Å². The molecular formula is C17H18Cl3N. The average Bonchev–Trinajstić information content (AvgIpc) is 2.47. The van der Waals surface area contributed by atoms with Crippen LogP contribution in [-0.2, 0) is 0 Å². The Balaban J connectivity index is 2.27. The van der Waals surface area contributed by atoms with Gasteiger partial charge in [-0.05, 0) is 54.8 Å². The molecule has 1 atom stereocenters. The van der Waals surface area contributed by atoms with E-state index in [2.05, 4.69) is 31.3 Å². The van der Waals surface area contributed by atoms with Crippen LogP contribution in [-0.4, -0.2) is 6.54 Å². The van der Waals surface area contributed by atoms with Gasteiger partial charge in [-0.3, -0.25) is 0 Å². The third-order valence-corrected chi connectivity index (χ3v) is 4.49. The summed E-state index contributed by atoms with van der Waals surface area (Å²) in [6.07, 6.45) is 1.10. The third-order valence-electron chi connectivity index (χ3n) is 3.42. The maximum absolute atomic E-state index is 6.43. The minimum absolute atomic E-state index is 0.236. The molecular weight excluding hydrogens is 325 g/mol. The summed E-state index contributed by atoms with van der Waals surface area (Å²) in [5, 5.41) is 5.31. The summed E-state index contributed by atoms with van der Waals surface area (Å²) < 4.78 is 0. The van der Waals surface area contributed by atoms with Gasteiger partial charge in [0, 0.05) is 11.1 Å². The van der Waals surface area contributed by atoms with Crippen LogP contribution in [0.2, 0.25) is 15.1 Å². The van der Waals surface area contributed by atoms with Crippen LogP contribution in [0.15, 0.2) is 36.4 Å². The third kappa shape index (κ3) is 4.14. The van der Waals surface area contributed by atoms with Crippen LogP contribution in [0.1, 0.15) is 31.9 Å². The Morgan fingerprint density at radius 3 is 2.10 bits per heavy atom. The van der Waals surface area contributed by atoms with Gasteiger partial charge in [0.1, 0.15) is 0 Å². The van der Waals surface area contributed by atoms with E-state index in [9.17, 15) is 0 Å². The van der Waals surface area contributed by atoms with E-state index in [1.165, 1.54) is 0 Å². The predicted octanol–water partition coefficient (Wildman–Crippen LogP) is 6.37. The lowest BCUT2D eigenvalue weighted by Crippen LogP contribution is -2.19. The molecule has 0 saturated heterocycles. The topological polar surface area (TPSA) is 12.0 Å². The van der Waals surface area contributed by atoms with Gasteiger partial charge in [0.15, 0.2) is 0 Å². The summed E-state index contributed by atoms with van der Waals surface area (Å²) in [6, 6.07) is 11.9. The van der Waals surface area contributed by atoms with E-state index in [1.807, 2.05) is 18.2 Å². The number of hydrogen-bond donors (Lipinski definition) is 1. The van der Waals surface area contributed by atoms with Gasteiger partial charge >= 0.3 is 0 Å². The Kier molecular flexibility index (Phi) is 5.95. The van der Waals surface area contributed by atoms with Crippen LogP contribution in [0.3, 0.4) is 0 Å². The predicted molar refractivity (Wildman–Crippen MR) is 93.6 cm³/mol. The van der Waals surface area contributed by atoms with Gasteiger partial charge in [-0.1, -0.05) is 59.9 Å². The summed E-state index contributed by atoms with van der Waals surface area (Å²) in [4.78, 5) is 0. The Bertz CT molecular complexity index is 625. The van der Waals surface area contributed by atoms with Crippen LogP contribution in [0.5, 0.6) is 0 Å². The number of nitrogens with one attached hydrogen (secondary N) is 1. The minimum atomic E-state index is 0.236. The Morgan fingerprint density at radius 2 is 1.52 bits per heavy atom. The minimum Gasteiger partial charge on any atom is -0.310 e. The highest BCUT2D eigenvalue weighted by Gasteiger charge is 2.10. The molecule has 0 aliphatic carbocycles. The van der Waals surface area contributed by atoms with Crippen molar-refractivity contribution in [1.82, 2.24) is 5.32 Å². The summed E-state index contributed by atoms with van der Waals surface area (Å²) in [6.45, 7) is 5.25. The SMILES string of the molecule is CCCNC(C)c1ccc(-c2ccc(Cl)c(Cl)c2)cc1Cl. The number of rotatable bonds is 5. The van der Waals surface area contributed by atoms with Gasteiger partial charge in [0.2, 0.25) is 0 Å². The van der Waals surface area contributed by atoms with E-state index in [4.69, 9.17) is 34.8 Å². The van der Waals surface area contributed by atoms with E-state index >= 15 is 0 Å². The fraction of sp³-hybridized carbons (Fsp3) is 0.294. The number of benzene rings is 2. The molecule has 0 aliphatic heterocycles. The maximum Gasteiger partial charge on any atom is 0.0598 e. The van der Waals surface area contributed by atoms with Gasteiger partial charge in [0.25, 0.3) is 0 Å². The van der Waals surface area contributed by atoms with E-state index in [0.29, 0.717) is 10.0 Å². The normalized spacial score (nSPS) is 12.4. The summed E-state index contributed by atoms with van der Waals surface area (Å²) in [5.74, 6) is 0. The fourth-order valence-electron chi connectivity index (χ4n) is 2.20. The van der Waals surface area contributed by atoms with E-state index in [0.717, 1.165) is 34.7 Å². The first-order chi connectivity index (χ1) is 10.0. The summed E-state index contributed by atoms with van der Waals surface area (Å²) in [7, 11) is 0. The highest BCUT2D eigenvalue weighted by molar-refractivity contribution is 6.42. The van der Waals surface area contributed by atoms with Crippen molar-refractivity contribution >= 4 is 34.8 Å². The fourth-order valence-corrected chi connectivity index (χ4v) is 2.85. The molecule has 4 heteroatoms. The lowest BCUT2D eigenvalue weighted by atomic mass is 10.0. The monoisotopic (exact) mass is 341 g/mol. The molecule has 0 aromatic heterocycles. The van der Waals surface area contributed by atoms with Crippen molar-refractivity contribution in [2.45, 2.75) is 26.3 Å². The van der Waals surface area contributed by atoms with Gasteiger partial charge in [-0.25, -0.2) is 0 Å². The first kappa shape index (κ1) is 16.6. The molecule has 2 rings (SSSR count). The smallest absolute Gasteiger partial charge is 0.0598 e. The molecule has 112 valence electrons. The molecule has 21 heavy (non-hydrogen) atoms. The molecule has 1 N–H and O–H groups in total. The van der Waals surface area contributed by atoms with Gasteiger partial charge in [-0.2, -0.15) is 0 Å². The van der Waals surface area contributed by atoms with Crippen LogP contribution in [0.4, 0.5) is 0 Å². The molecule has 1 nitrogen and oxygen atoms in total. The molecule has 2 aromatic rings. The van der Waals surface area contributed by atoms with Crippen LogP contribution >= 0.6 is 34.8 Å². The molecule has 0 aliphatic rings. The second kappa shape index (κ2) is 7.51. The van der Waals surface area contributed by atoms with Crippen molar-refractivity contribution in [1.29, 1.82) is 0 Å². The van der Waals surface area contributed by atoms with Crippen molar-refractivity contribution in [3.63, 3.8) is 0 Å². The quantitative estimate of drug-likeness (QED) is 0.665. The highest BCUT2D eigenvalue weighted by Crippen LogP contribution is 2.32. The zero-order chi connectivity index (χ0) is 15.4. The Hall–Kier alpha value is -0.730. The van der Waals surface area contributed by atoms with Crippen molar-refractivity contribution in [3.8, 4) is 11.1 Å². The second-order valence-electron chi connectivity index (χ2n) is 5.04. The van der Waals surface area contributed by atoms with Crippen molar-refractivity contribution in [2.24, 2.45) is 0 Å². The van der Waals surface area contributed by atoms with Gasteiger partial charge < -0.3 is 5.32 Å². The van der Waals surface area contributed by atoms with Crippen LogP contribution in [0, 0.1) is 0 Å². The van der Waals surface area contributed by atoms with Crippen molar-refractivity contribution in [2.75, 3.05) is 6.54 Å². The van der Waals surface area contributed by atoms with E-state index in [-0.39, 0.29) is 6.04 Å². The van der Waals surface area contributed by atoms with Crippen molar-refractivity contribution < 1.29 is 0 Å². The highest BCUT2D eigenvalue weighted by atomic mass is 35.5. The molecule has 2 aromatic carbocycles. The molecule has 0 fully saturated rings. The molecule has 0 spiro atoms. The lowest BCUT2D eigenvalue weighted by Gasteiger charge is -2.16. The second-order valence-corrected chi connectivity index (χ2v) is 6.26. The van der Waals surface area contributed by atoms with E-state index in [1.54, 1.807) is 6.07 Å². The summed E-state index contributed by atoms with van der Waals surface area (Å²) >= 11 is 18.4. The molecule has 1 unspecified atom stereocenters. The largest absolute Gasteiger partial charge is 0.310 e. The standard InChI is InChI=1S/C17H18Cl3N/c1-3-8-21-11(2)14-6-4-12(9-16(14)19)13-5-7-15(18)17(20)10-13/h4-7,9-11,21H,3,8H2,1-2H3. The maximum atomic E-state index is 6.43. The van der Waals surface area contributed by atoms with Crippen molar-refractivity contribution in [3.05, 3.63) is 57.0 Å². The van der Waals surface area contributed by atoms with Crippen LogP contribution in [0.25, 0.3) is 11.1 Å². The zero-order valence-corrected chi connectivity index (χ0v) is 14.4. The average molecular weight is 343 g/mol. The molecule has 0 heterocycles. The van der Waals surface area contributed by atoms with Gasteiger partial charge in [0.05, 0.1) is 10.0 Å². The number of hydrogen-bond acceptors (Lipinski definition) is 1. The Morgan fingerprint density at radius 1 is 0.905 bits per heavy atom. The summed E-state index contributed by atoms with van der Waals surface area (Å²) in [5.41, 5.74) is 3.14. The lowest BCUT2D eigenvalue weighted by molar-refractivity contribution is 0.571.